The molecule has 0 bridgehead atoms. The number of hydrogen-bond donors (Lipinski definition) is 1. The minimum absolute atomic E-state index is 0.107. The average molecular weight is 164 g/mol. The van der Waals surface area contributed by atoms with Crippen LogP contribution in [-0.2, 0) is 0 Å². The van der Waals surface area contributed by atoms with Gasteiger partial charge in [-0.05, 0) is 32.6 Å². The van der Waals surface area contributed by atoms with Crippen LogP contribution in [0.15, 0.2) is 23.3 Å². The predicted octanol–water partition coefficient (Wildman–Crippen LogP) is 2.42. The lowest BCUT2D eigenvalue weighted by Crippen LogP contribution is -2.11. The van der Waals surface area contributed by atoms with Gasteiger partial charge in [-0.15, -0.1) is 0 Å². The van der Waals surface area contributed by atoms with Crippen molar-refractivity contribution in [2.75, 3.05) is 0 Å². The standard InChI is InChI=1S/C11H16O/c1-8-4-2-3-5-10-9(8)6-7-11(10)12/h3,5,10-12H,2,4,6-7H2,1H3/t10-,11+/m1/s1. The zero-order valence-corrected chi connectivity index (χ0v) is 7.59. The molecule has 1 saturated carbocycles. The summed E-state index contributed by atoms with van der Waals surface area (Å²) in [6.45, 7) is 2.22. The smallest absolute Gasteiger partial charge is 0.0643 e. The lowest BCUT2D eigenvalue weighted by atomic mass is 9.97. The Balaban J connectivity index is 2.32. The molecule has 2 aliphatic carbocycles. The average Bonchev–Trinajstić information content (AvgIpc) is 2.30. The molecule has 1 heteroatoms. The van der Waals surface area contributed by atoms with Gasteiger partial charge in [0.1, 0.15) is 0 Å². The van der Waals surface area contributed by atoms with Crippen LogP contribution >= 0.6 is 0 Å². The van der Waals surface area contributed by atoms with Crippen LogP contribution in [0.3, 0.4) is 0 Å². The lowest BCUT2D eigenvalue weighted by molar-refractivity contribution is 0.159. The zero-order chi connectivity index (χ0) is 8.55. The van der Waals surface area contributed by atoms with Crippen molar-refractivity contribution in [1.82, 2.24) is 0 Å². The molecule has 0 aliphatic heterocycles. The molecule has 0 radical (unpaired) electrons. The molecule has 12 heavy (non-hydrogen) atoms. The summed E-state index contributed by atoms with van der Waals surface area (Å²) in [7, 11) is 0. The Labute approximate surface area is 73.8 Å². The summed E-state index contributed by atoms with van der Waals surface area (Å²) < 4.78 is 0. The van der Waals surface area contributed by atoms with Crippen LogP contribution in [0.2, 0.25) is 0 Å². The number of fused-ring (bicyclic) bond motifs is 1. The Kier molecular flexibility index (Phi) is 2.05. The first-order valence-electron chi connectivity index (χ1n) is 4.82. The van der Waals surface area contributed by atoms with E-state index in [2.05, 4.69) is 19.1 Å². The Morgan fingerprint density at radius 3 is 3.08 bits per heavy atom. The fourth-order valence-electron chi connectivity index (χ4n) is 2.33. The fourth-order valence-corrected chi connectivity index (χ4v) is 2.33. The minimum atomic E-state index is -0.107. The maximum Gasteiger partial charge on any atom is 0.0643 e. The maximum atomic E-state index is 9.68. The van der Waals surface area contributed by atoms with Crippen LogP contribution in [0.25, 0.3) is 0 Å². The second-order valence-corrected chi connectivity index (χ2v) is 3.90. The molecule has 2 atom stereocenters. The molecule has 0 spiro atoms. The molecule has 0 saturated heterocycles. The van der Waals surface area contributed by atoms with E-state index in [1.807, 2.05) is 0 Å². The van der Waals surface area contributed by atoms with E-state index < -0.39 is 0 Å². The summed E-state index contributed by atoms with van der Waals surface area (Å²) in [4.78, 5) is 0. The van der Waals surface area contributed by atoms with E-state index in [0.29, 0.717) is 5.92 Å². The normalized spacial score (nSPS) is 35.2. The van der Waals surface area contributed by atoms with Gasteiger partial charge in [-0.3, -0.25) is 0 Å². The Bertz CT molecular complexity index is 237. The van der Waals surface area contributed by atoms with Crippen LogP contribution in [0.1, 0.15) is 32.6 Å². The van der Waals surface area contributed by atoms with Gasteiger partial charge < -0.3 is 5.11 Å². The quantitative estimate of drug-likeness (QED) is 0.545. The molecule has 0 aromatic heterocycles. The summed E-state index contributed by atoms with van der Waals surface area (Å²) in [5.74, 6) is 0.354. The van der Waals surface area contributed by atoms with Gasteiger partial charge in [0.15, 0.2) is 0 Å². The Morgan fingerprint density at radius 2 is 2.25 bits per heavy atom. The molecule has 0 heterocycles. The van der Waals surface area contributed by atoms with Crippen LogP contribution in [0, 0.1) is 5.92 Å². The third kappa shape index (κ3) is 1.22. The number of aliphatic hydroxyl groups is 1. The van der Waals surface area contributed by atoms with Gasteiger partial charge in [0.2, 0.25) is 0 Å². The van der Waals surface area contributed by atoms with Gasteiger partial charge in [0.05, 0.1) is 6.10 Å². The molecule has 0 unspecified atom stereocenters. The van der Waals surface area contributed by atoms with Crippen molar-refractivity contribution in [1.29, 1.82) is 0 Å². The molecular formula is C11H16O. The van der Waals surface area contributed by atoms with Gasteiger partial charge in [0, 0.05) is 5.92 Å². The summed E-state index contributed by atoms with van der Waals surface area (Å²) in [6, 6.07) is 0. The Hall–Kier alpha value is -0.560. The molecule has 0 aromatic carbocycles. The van der Waals surface area contributed by atoms with E-state index >= 15 is 0 Å². The van der Waals surface area contributed by atoms with E-state index in [9.17, 15) is 5.11 Å². The Morgan fingerprint density at radius 1 is 1.42 bits per heavy atom. The first-order valence-corrected chi connectivity index (χ1v) is 4.82. The van der Waals surface area contributed by atoms with Crippen molar-refractivity contribution in [2.24, 2.45) is 5.92 Å². The third-order valence-corrected chi connectivity index (χ3v) is 3.10. The molecule has 0 aromatic rings. The number of allylic oxidation sites excluding steroid dienone is 2. The van der Waals surface area contributed by atoms with Gasteiger partial charge in [-0.1, -0.05) is 23.3 Å². The number of hydrogen-bond acceptors (Lipinski definition) is 1. The van der Waals surface area contributed by atoms with E-state index in [0.717, 1.165) is 19.3 Å². The highest BCUT2D eigenvalue weighted by Crippen LogP contribution is 2.37. The van der Waals surface area contributed by atoms with Gasteiger partial charge in [-0.2, -0.15) is 0 Å². The maximum absolute atomic E-state index is 9.68. The topological polar surface area (TPSA) is 20.2 Å². The summed E-state index contributed by atoms with van der Waals surface area (Å²) in [5, 5.41) is 9.68. The van der Waals surface area contributed by atoms with Crippen molar-refractivity contribution in [3.05, 3.63) is 23.3 Å². The largest absolute Gasteiger partial charge is 0.392 e. The van der Waals surface area contributed by atoms with E-state index in [-0.39, 0.29) is 6.10 Å². The van der Waals surface area contributed by atoms with Crippen LogP contribution in [0.5, 0.6) is 0 Å². The number of aliphatic hydroxyl groups excluding tert-OH is 1. The number of rotatable bonds is 0. The highest BCUT2D eigenvalue weighted by atomic mass is 16.3. The minimum Gasteiger partial charge on any atom is -0.392 e. The van der Waals surface area contributed by atoms with E-state index in [1.165, 1.54) is 17.6 Å². The fraction of sp³-hybridized carbons (Fsp3) is 0.636. The second-order valence-electron chi connectivity index (χ2n) is 3.90. The lowest BCUT2D eigenvalue weighted by Gasteiger charge is -2.11. The first kappa shape index (κ1) is 8.06. The second kappa shape index (κ2) is 3.06. The molecule has 1 nitrogen and oxygen atoms in total. The third-order valence-electron chi connectivity index (χ3n) is 3.10. The van der Waals surface area contributed by atoms with Crippen molar-refractivity contribution in [3.8, 4) is 0 Å². The van der Waals surface area contributed by atoms with Gasteiger partial charge in [-0.25, -0.2) is 0 Å². The van der Waals surface area contributed by atoms with Crippen LogP contribution in [0.4, 0.5) is 0 Å². The van der Waals surface area contributed by atoms with Crippen LogP contribution < -0.4 is 0 Å². The van der Waals surface area contributed by atoms with E-state index in [4.69, 9.17) is 0 Å². The van der Waals surface area contributed by atoms with Crippen LogP contribution in [-0.4, -0.2) is 11.2 Å². The highest BCUT2D eigenvalue weighted by Gasteiger charge is 2.29. The molecule has 2 rings (SSSR count). The monoisotopic (exact) mass is 164 g/mol. The zero-order valence-electron chi connectivity index (χ0n) is 7.59. The van der Waals surface area contributed by atoms with Crippen molar-refractivity contribution in [2.45, 2.75) is 38.7 Å². The highest BCUT2D eigenvalue weighted by molar-refractivity contribution is 5.27. The molecule has 2 aliphatic rings. The van der Waals surface area contributed by atoms with Crippen molar-refractivity contribution >= 4 is 0 Å². The van der Waals surface area contributed by atoms with Gasteiger partial charge >= 0.3 is 0 Å². The van der Waals surface area contributed by atoms with E-state index in [1.54, 1.807) is 0 Å². The first-order chi connectivity index (χ1) is 5.79. The summed E-state index contributed by atoms with van der Waals surface area (Å²) >= 11 is 0. The molecule has 0 amide bonds. The predicted molar refractivity (Wildman–Crippen MR) is 49.8 cm³/mol. The molecule has 1 N–H and O–H groups in total. The molecule has 66 valence electrons. The molecule has 1 fully saturated rings. The molecular weight excluding hydrogens is 148 g/mol. The summed E-state index contributed by atoms with van der Waals surface area (Å²) in [6.07, 6.45) is 8.72. The SMILES string of the molecule is CC1=C2CC[C@H](O)[C@@H]2C=CCC1. The van der Waals surface area contributed by atoms with Crippen molar-refractivity contribution in [3.63, 3.8) is 0 Å². The van der Waals surface area contributed by atoms with Gasteiger partial charge in [0.25, 0.3) is 0 Å². The van der Waals surface area contributed by atoms with Crippen molar-refractivity contribution < 1.29 is 5.11 Å². The summed E-state index contributed by atoms with van der Waals surface area (Å²) in [5.41, 5.74) is 3.03.